The molecule has 0 bridgehead atoms. The molecule has 3 aromatic rings. The van der Waals surface area contributed by atoms with Gasteiger partial charge in [-0.1, -0.05) is 36.4 Å². The first kappa shape index (κ1) is 18.9. The van der Waals surface area contributed by atoms with Gasteiger partial charge in [0.2, 0.25) is 5.95 Å². The van der Waals surface area contributed by atoms with E-state index in [1.807, 2.05) is 42.5 Å². The summed E-state index contributed by atoms with van der Waals surface area (Å²) in [6.07, 6.45) is 5.12. The molecule has 1 amide bonds. The maximum atomic E-state index is 12.6. The molecular weight excluding hydrogens is 364 g/mol. The summed E-state index contributed by atoms with van der Waals surface area (Å²) in [5, 5.41) is 9.50. The minimum atomic E-state index is -0.296. The van der Waals surface area contributed by atoms with Crippen molar-refractivity contribution in [1.82, 2.24) is 15.3 Å². The normalized spacial score (nSPS) is 14.3. The molecular formula is C22H24N6O. The molecule has 0 unspecified atom stereocenters. The van der Waals surface area contributed by atoms with E-state index in [4.69, 9.17) is 5.73 Å². The average Bonchev–Trinajstić information content (AvgIpc) is 2.77. The van der Waals surface area contributed by atoms with Gasteiger partial charge >= 0.3 is 0 Å². The van der Waals surface area contributed by atoms with Crippen LogP contribution in [0.25, 0.3) is 11.1 Å². The van der Waals surface area contributed by atoms with Gasteiger partial charge in [-0.3, -0.25) is 4.79 Å². The first-order valence-corrected chi connectivity index (χ1v) is 9.74. The molecule has 1 fully saturated rings. The zero-order chi connectivity index (χ0) is 20.1. The van der Waals surface area contributed by atoms with Crippen LogP contribution in [0, 0.1) is 0 Å². The van der Waals surface area contributed by atoms with Crippen LogP contribution in [0.15, 0.2) is 60.9 Å². The number of aromatic nitrogens is 2. The monoisotopic (exact) mass is 388 g/mol. The molecule has 0 atom stereocenters. The van der Waals surface area contributed by atoms with Gasteiger partial charge in [0.1, 0.15) is 0 Å². The maximum Gasteiger partial charge on any atom is 0.258 e. The van der Waals surface area contributed by atoms with Gasteiger partial charge in [-0.2, -0.15) is 0 Å². The summed E-state index contributed by atoms with van der Waals surface area (Å²) < 4.78 is 0. The number of benzene rings is 2. The minimum Gasteiger partial charge on any atom is -0.397 e. The second-order valence-electron chi connectivity index (χ2n) is 7.09. The van der Waals surface area contributed by atoms with E-state index in [2.05, 4.69) is 25.9 Å². The fraction of sp³-hybridized carbons (Fsp3) is 0.227. The number of amides is 1. The van der Waals surface area contributed by atoms with Gasteiger partial charge in [-0.15, -0.1) is 0 Å². The number of carbonyl (C=O) groups excluding carboxylic acids is 1. The highest BCUT2D eigenvalue weighted by Gasteiger charge is 2.15. The Balaban J connectivity index is 1.45. The molecule has 4 rings (SSSR count). The summed E-state index contributed by atoms with van der Waals surface area (Å²) in [6, 6.07) is 15.9. The highest BCUT2D eigenvalue weighted by atomic mass is 16.1. The topological polar surface area (TPSA) is 105 Å². The van der Waals surface area contributed by atoms with Crippen LogP contribution in [0.5, 0.6) is 0 Å². The molecule has 0 radical (unpaired) electrons. The van der Waals surface area contributed by atoms with E-state index >= 15 is 0 Å². The summed E-state index contributed by atoms with van der Waals surface area (Å²) in [6.45, 7) is 1.98. The highest BCUT2D eigenvalue weighted by molar-refractivity contribution is 6.05. The van der Waals surface area contributed by atoms with E-state index < -0.39 is 0 Å². The van der Waals surface area contributed by atoms with Crippen molar-refractivity contribution in [2.24, 2.45) is 0 Å². The Morgan fingerprint density at radius 2 is 1.72 bits per heavy atom. The van der Waals surface area contributed by atoms with Crippen LogP contribution in [0.2, 0.25) is 0 Å². The van der Waals surface area contributed by atoms with Crippen molar-refractivity contribution in [2.75, 3.05) is 29.5 Å². The van der Waals surface area contributed by atoms with Crippen molar-refractivity contribution < 1.29 is 4.79 Å². The number of hydrogen-bond acceptors (Lipinski definition) is 6. The molecule has 29 heavy (non-hydrogen) atoms. The van der Waals surface area contributed by atoms with Gasteiger partial charge in [0.15, 0.2) is 0 Å². The molecule has 0 saturated carbocycles. The Morgan fingerprint density at radius 3 is 2.45 bits per heavy atom. The number of piperidine rings is 1. The van der Waals surface area contributed by atoms with Crippen LogP contribution in [-0.2, 0) is 0 Å². The first-order chi connectivity index (χ1) is 14.2. The molecule has 1 aromatic heterocycles. The van der Waals surface area contributed by atoms with Crippen molar-refractivity contribution >= 4 is 23.2 Å². The number of nitrogens with one attached hydrogen (secondary N) is 3. The Bertz CT molecular complexity index is 968. The summed E-state index contributed by atoms with van der Waals surface area (Å²) >= 11 is 0. The van der Waals surface area contributed by atoms with Crippen molar-refractivity contribution in [3.8, 4) is 11.1 Å². The number of anilines is 3. The molecule has 7 nitrogen and oxygen atoms in total. The molecule has 0 aliphatic carbocycles. The maximum absolute atomic E-state index is 12.6. The van der Waals surface area contributed by atoms with E-state index in [0.717, 1.165) is 37.1 Å². The van der Waals surface area contributed by atoms with Gasteiger partial charge in [-0.05, 0) is 49.2 Å². The molecule has 1 aliphatic heterocycles. The van der Waals surface area contributed by atoms with Crippen molar-refractivity contribution in [3.05, 3.63) is 66.5 Å². The largest absolute Gasteiger partial charge is 0.397 e. The molecule has 2 heterocycles. The summed E-state index contributed by atoms with van der Waals surface area (Å²) in [7, 11) is 0. The summed E-state index contributed by atoms with van der Waals surface area (Å²) in [5.74, 6) is 0.245. The lowest BCUT2D eigenvalue weighted by Crippen LogP contribution is -2.35. The number of rotatable bonds is 5. The second kappa shape index (κ2) is 8.70. The minimum absolute atomic E-state index is 0.296. The number of nitrogens with zero attached hydrogens (tertiary/aromatic N) is 2. The number of nitrogens with two attached hydrogens (primary N) is 1. The van der Waals surface area contributed by atoms with Gasteiger partial charge in [0, 0.05) is 18.4 Å². The van der Waals surface area contributed by atoms with Gasteiger partial charge in [0.05, 0.1) is 16.9 Å². The average molecular weight is 388 g/mol. The molecule has 0 spiro atoms. The smallest absolute Gasteiger partial charge is 0.258 e. The molecule has 1 saturated heterocycles. The summed E-state index contributed by atoms with van der Waals surface area (Å²) in [5.41, 5.74) is 9.54. The lowest BCUT2D eigenvalue weighted by molar-refractivity contribution is 0.102. The lowest BCUT2D eigenvalue weighted by atomic mass is 10.0. The van der Waals surface area contributed by atoms with E-state index in [0.29, 0.717) is 28.9 Å². The van der Waals surface area contributed by atoms with Crippen LogP contribution < -0.4 is 21.7 Å². The Labute approximate surface area is 169 Å². The van der Waals surface area contributed by atoms with Gasteiger partial charge in [0.25, 0.3) is 5.91 Å². The summed E-state index contributed by atoms with van der Waals surface area (Å²) in [4.78, 5) is 21.2. The molecule has 1 aliphatic rings. The van der Waals surface area contributed by atoms with Crippen molar-refractivity contribution in [2.45, 2.75) is 18.9 Å². The van der Waals surface area contributed by atoms with Crippen LogP contribution in [0.4, 0.5) is 17.3 Å². The molecule has 2 aromatic carbocycles. The number of nitrogen functional groups attached to an aromatic ring is 1. The zero-order valence-electron chi connectivity index (χ0n) is 16.1. The van der Waals surface area contributed by atoms with Gasteiger partial charge in [-0.25, -0.2) is 9.97 Å². The zero-order valence-corrected chi connectivity index (χ0v) is 16.1. The van der Waals surface area contributed by atoms with E-state index in [9.17, 15) is 4.79 Å². The van der Waals surface area contributed by atoms with E-state index in [1.54, 1.807) is 6.07 Å². The third-order valence-corrected chi connectivity index (χ3v) is 5.00. The Kier molecular flexibility index (Phi) is 5.67. The number of hydrogen-bond donors (Lipinski definition) is 4. The Morgan fingerprint density at radius 1 is 1.00 bits per heavy atom. The molecule has 5 N–H and O–H groups in total. The van der Waals surface area contributed by atoms with Crippen LogP contribution in [-0.4, -0.2) is 35.0 Å². The number of carbonyl (C=O) groups is 1. The quantitative estimate of drug-likeness (QED) is 0.501. The van der Waals surface area contributed by atoms with Gasteiger partial charge < -0.3 is 21.7 Å². The van der Waals surface area contributed by atoms with Crippen molar-refractivity contribution in [3.63, 3.8) is 0 Å². The van der Waals surface area contributed by atoms with Crippen LogP contribution >= 0.6 is 0 Å². The predicted molar refractivity (Wildman–Crippen MR) is 116 cm³/mol. The standard InChI is InChI=1S/C22H24N6O/c23-19-7-6-16(15-4-2-1-3-5-15)12-20(19)28-21(29)17-13-25-22(26-14-17)27-18-8-10-24-11-9-18/h1-7,12-14,18,24H,8-11,23H2,(H,28,29)(H,25,26,27). The third kappa shape index (κ3) is 4.70. The third-order valence-electron chi connectivity index (χ3n) is 5.00. The predicted octanol–water partition coefficient (Wildman–Crippen LogP) is 3.14. The molecule has 7 heteroatoms. The fourth-order valence-electron chi connectivity index (χ4n) is 3.34. The lowest BCUT2D eigenvalue weighted by Gasteiger charge is -2.23. The van der Waals surface area contributed by atoms with Crippen LogP contribution in [0.3, 0.4) is 0 Å². The highest BCUT2D eigenvalue weighted by Crippen LogP contribution is 2.27. The van der Waals surface area contributed by atoms with Crippen LogP contribution in [0.1, 0.15) is 23.2 Å². The molecule has 148 valence electrons. The first-order valence-electron chi connectivity index (χ1n) is 9.74. The Hall–Kier alpha value is -3.45. The van der Waals surface area contributed by atoms with Crippen molar-refractivity contribution in [1.29, 1.82) is 0 Å². The SMILES string of the molecule is Nc1ccc(-c2ccccc2)cc1NC(=O)c1cnc(NC2CCNCC2)nc1. The second-order valence-corrected chi connectivity index (χ2v) is 7.09. The fourth-order valence-corrected chi connectivity index (χ4v) is 3.34. The van der Waals surface area contributed by atoms with E-state index in [-0.39, 0.29) is 5.91 Å². The van der Waals surface area contributed by atoms with E-state index in [1.165, 1.54) is 12.4 Å².